The van der Waals surface area contributed by atoms with Crippen LogP contribution < -0.4 is 10.0 Å². The van der Waals surface area contributed by atoms with Gasteiger partial charge >= 0.3 is 0 Å². The van der Waals surface area contributed by atoms with E-state index < -0.39 is 26.8 Å². The Bertz CT molecular complexity index is 1050. The zero-order valence-electron chi connectivity index (χ0n) is 13.0. The van der Waals surface area contributed by atoms with Crippen LogP contribution in [-0.4, -0.2) is 24.5 Å². The second kappa shape index (κ2) is 7.14. The molecule has 0 unspecified atom stereocenters. The van der Waals surface area contributed by atoms with Gasteiger partial charge in [0.05, 0.1) is 11.8 Å². The number of anilines is 2. The molecule has 26 heavy (non-hydrogen) atoms. The van der Waals surface area contributed by atoms with Gasteiger partial charge in [0.2, 0.25) is 0 Å². The molecule has 0 spiro atoms. The summed E-state index contributed by atoms with van der Waals surface area (Å²) in [6, 6.07) is 11.1. The number of rotatable bonds is 5. The van der Waals surface area contributed by atoms with E-state index in [1.54, 1.807) is 18.2 Å². The van der Waals surface area contributed by atoms with Crippen LogP contribution in [0.3, 0.4) is 0 Å². The Balaban J connectivity index is 1.84. The van der Waals surface area contributed by atoms with Crippen molar-refractivity contribution in [2.45, 2.75) is 5.03 Å². The molecule has 0 saturated heterocycles. The maximum Gasteiger partial charge on any atom is 0.279 e. The number of aromatic amines is 1. The molecule has 3 rings (SSSR count). The van der Waals surface area contributed by atoms with Crippen molar-refractivity contribution in [1.29, 1.82) is 0 Å². The van der Waals surface area contributed by atoms with Crippen molar-refractivity contribution in [3.8, 4) is 0 Å². The molecule has 0 radical (unpaired) electrons. The molecule has 2 aromatic carbocycles. The number of benzene rings is 2. The summed E-state index contributed by atoms with van der Waals surface area (Å²) in [5.74, 6) is -1.18. The average molecular weight is 395 g/mol. The molecule has 0 bridgehead atoms. The van der Waals surface area contributed by atoms with E-state index in [9.17, 15) is 17.6 Å². The lowest BCUT2D eigenvalue weighted by Crippen LogP contribution is -2.19. The zero-order chi connectivity index (χ0) is 18.7. The van der Waals surface area contributed by atoms with E-state index in [1.165, 1.54) is 18.2 Å². The lowest BCUT2D eigenvalue weighted by atomic mass is 10.3. The van der Waals surface area contributed by atoms with Crippen molar-refractivity contribution < 1.29 is 17.6 Å². The molecular formula is C16H12ClFN4O3S. The van der Waals surface area contributed by atoms with E-state index in [2.05, 4.69) is 20.2 Å². The molecule has 134 valence electrons. The van der Waals surface area contributed by atoms with E-state index in [-0.39, 0.29) is 11.3 Å². The number of hydrogen-bond donors (Lipinski definition) is 3. The summed E-state index contributed by atoms with van der Waals surface area (Å²) in [7, 11) is -4.14. The van der Waals surface area contributed by atoms with Crippen molar-refractivity contribution in [1.82, 2.24) is 10.2 Å². The quantitative estimate of drug-likeness (QED) is 0.617. The number of sulfonamides is 1. The Hall–Kier alpha value is -2.91. The third-order valence-electron chi connectivity index (χ3n) is 3.30. The van der Waals surface area contributed by atoms with E-state index in [0.29, 0.717) is 10.7 Å². The van der Waals surface area contributed by atoms with Gasteiger partial charge in [0, 0.05) is 16.4 Å². The molecule has 0 aliphatic heterocycles. The van der Waals surface area contributed by atoms with Crippen molar-refractivity contribution in [3.05, 3.63) is 71.1 Å². The molecule has 0 aliphatic carbocycles. The number of carbonyl (C=O) groups excluding carboxylic acids is 1. The van der Waals surface area contributed by atoms with E-state index in [4.69, 9.17) is 11.6 Å². The van der Waals surface area contributed by atoms with Gasteiger partial charge in [-0.15, -0.1) is 0 Å². The van der Waals surface area contributed by atoms with Gasteiger partial charge in [0.1, 0.15) is 5.82 Å². The second-order valence-electron chi connectivity index (χ2n) is 5.19. The summed E-state index contributed by atoms with van der Waals surface area (Å²) in [5.41, 5.74) is 0.361. The van der Waals surface area contributed by atoms with Crippen LogP contribution in [-0.2, 0) is 10.0 Å². The molecule has 1 heterocycles. The first-order valence-corrected chi connectivity index (χ1v) is 9.10. The highest BCUT2D eigenvalue weighted by atomic mass is 35.5. The molecule has 0 fully saturated rings. The topological polar surface area (TPSA) is 104 Å². The number of nitrogens with zero attached hydrogens (tertiary/aromatic N) is 1. The van der Waals surface area contributed by atoms with E-state index in [1.807, 2.05) is 0 Å². The minimum absolute atomic E-state index is 0.141. The maximum absolute atomic E-state index is 12.9. The van der Waals surface area contributed by atoms with Crippen LogP contribution in [0.4, 0.5) is 15.8 Å². The lowest BCUT2D eigenvalue weighted by Gasteiger charge is -2.09. The van der Waals surface area contributed by atoms with Gasteiger partial charge < -0.3 is 5.32 Å². The predicted octanol–water partition coefficient (Wildman–Crippen LogP) is 3.26. The van der Waals surface area contributed by atoms with Gasteiger partial charge in [-0.1, -0.05) is 17.7 Å². The molecule has 0 aliphatic rings. The number of H-pyrrole nitrogens is 1. The highest BCUT2D eigenvalue weighted by Crippen LogP contribution is 2.20. The van der Waals surface area contributed by atoms with Crippen molar-refractivity contribution in [2.24, 2.45) is 0 Å². The summed E-state index contributed by atoms with van der Waals surface area (Å²) >= 11 is 5.86. The summed E-state index contributed by atoms with van der Waals surface area (Å²) in [6.45, 7) is 0. The monoisotopic (exact) mass is 394 g/mol. The third kappa shape index (κ3) is 4.01. The van der Waals surface area contributed by atoms with Crippen molar-refractivity contribution in [3.63, 3.8) is 0 Å². The summed E-state index contributed by atoms with van der Waals surface area (Å²) in [6.07, 6.45) is 1.10. The third-order valence-corrected chi connectivity index (χ3v) is 4.88. The van der Waals surface area contributed by atoms with Crippen LogP contribution in [0.1, 0.15) is 10.4 Å². The molecule has 1 aromatic heterocycles. The fourth-order valence-electron chi connectivity index (χ4n) is 2.13. The molecular weight excluding hydrogens is 383 g/mol. The molecule has 3 N–H and O–H groups in total. The van der Waals surface area contributed by atoms with Crippen LogP contribution in [0.2, 0.25) is 5.02 Å². The minimum atomic E-state index is -4.14. The summed E-state index contributed by atoms with van der Waals surface area (Å²) in [5, 5.41) is 8.47. The van der Waals surface area contributed by atoms with E-state index in [0.717, 1.165) is 18.3 Å². The molecule has 1 amide bonds. The second-order valence-corrected chi connectivity index (χ2v) is 7.25. The van der Waals surface area contributed by atoms with Crippen LogP contribution >= 0.6 is 11.6 Å². The Labute approximate surface area is 153 Å². The Morgan fingerprint density at radius 1 is 1.12 bits per heavy atom. The fraction of sp³-hybridized carbons (Fsp3) is 0. The summed E-state index contributed by atoms with van der Waals surface area (Å²) < 4.78 is 40.2. The van der Waals surface area contributed by atoms with Crippen LogP contribution in [0, 0.1) is 5.82 Å². The number of nitrogens with one attached hydrogen (secondary N) is 3. The average Bonchev–Trinajstić information content (AvgIpc) is 3.08. The van der Waals surface area contributed by atoms with Gasteiger partial charge in [0.25, 0.3) is 15.9 Å². The number of amides is 1. The lowest BCUT2D eigenvalue weighted by molar-refractivity contribution is 0.102. The van der Waals surface area contributed by atoms with Crippen LogP contribution in [0.5, 0.6) is 0 Å². The first kappa shape index (κ1) is 17.9. The first-order chi connectivity index (χ1) is 12.3. The van der Waals surface area contributed by atoms with Gasteiger partial charge in [0.15, 0.2) is 5.03 Å². The van der Waals surface area contributed by atoms with Gasteiger partial charge in [-0.2, -0.15) is 13.5 Å². The van der Waals surface area contributed by atoms with E-state index >= 15 is 0 Å². The summed E-state index contributed by atoms with van der Waals surface area (Å²) in [4.78, 5) is 12.4. The maximum atomic E-state index is 12.9. The highest BCUT2D eigenvalue weighted by molar-refractivity contribution is 7.92. The molecule has 3 aromatic rings. The molecule has 10 heteroatoms. The zero-order valence-corrected chi connectivity index (χ0v) is 14.6. The van der Waals surface area contributed by atoms with Crippen LogP contribution in [0.15, 0.2) is 59.8 Å². The predicted molar refractivity (Wildman–Crippen MR) is 95.2 cm³/mol. The number of carbonyl (C=O) groups is 1. The largest absolute Gasteiger partial charge is 0.322 e. The Morgan fingerprint density at radius 2 is 1.85 bits per heavy atom. The fourth-order valence-corrected chi connectivity index (χ4v) is 3.48. The molecule has 0 atom stereocenters. The van der Waals surface area contributed by atoms with Gasteiger partial charge in [-0.25, -0.2) is 4.39 Å². The highest BCUT2D eigenvalue weighted by Gasteiger charge is 2.25. The Morgan fingerprint density at radius 3 is 2.54 bits per heavy atom. The minimum Gasteiger partial charge on any atom is -0.322 e. The standard InChI is InChI=1S/C16H12ClFN4O3S/c17-10-2-1-3-13(8-10)20-15(23)14-9-19-21-16(14)26(24,25)22-12-6-4-11(18)5-7-12/h1-9,22H,(H,19,21)(H,20,23). The first-order valence-electron chi connectivity index (χ1n) is 7.24. The number of aromatic nitrogens is 2. The SMILES string of the molecule is O=C(Nc1cccc(Cl)c1)c1cn[nH]c1S(=O)(=O)Nc1ccc(F)cc1. The smallest absolute Gasteiger partial charge is 0.279 e. The molecule has 7 nitrogen and oxygen atoms in total. The van der Waals surface area contributed by atoms with Crippen molar-refractivity contribution >= 4 is 38.9 Å². The normalized spacial score (nSPS) is 11.2. The van der Waals surface area contributed by atoms with Gasteiger partial charge in [-0.3, -0.25) is 14.6 Å². The van der Waals surface area contributed by atoms with Crippen LogP contribution in [0.25, 0.3) is 0 Å². The molecule has 0 saturated carbocycles. The number of hydrogen-bond acceptors (Lipinski definition) is 4. The number of halogens is 2. The van der Waals surface area contributed by atoms with Gasteiger partial charge in [-0.05, 0) is 42.5 Å². The Kier molecular flexibility index (Phi) is 4.92. The van der Waals surface area contributed by atoms with Crippen molar-refractivity contribution in [2.75, 3.05) is 10.0 Å².